The zero-order chi connectivity index (χ0) is 19.5. The van der Waals surface area contributed by atoms with E-state index >= 15 is 0 Å². The van der Waals surface area contributed by atoms with Gasteiger partial charge in [0, 0.05) is 12.0 Å². The molecule has 0 N–H and O–H groups in total. The predicted molar refractivity (Wildman–Crippen MR) is 103 cm³/mol. The molecular formula is C22H36O3. The molecule has 1 aliphatic carbocycles. The Hall–Kier alpha value is -1.38. The predicted octanol–water partition coefficient (Wildman–Crippen LogP) is 5.50. The van der Waals surface area contributed by atoms with Crippen molar-refractivity contribution in [3.63, 3.8) is 0 Å². The van der Waals surface area contributed by atoms with Crippen LogP contribution in [0.4, 0.5) is 0 Å². The van der Waals surface area contributed by atoms with Crippen molar-refractivity contribution in [1.82, 2.24) is 0 Å². The SMILES string of the molecule is C=CC(=O)CCC1(C)C(C)CCC(C)(C)C1(C)CCOC(=O)C(=C)C. The second kappa shape index (κ2) is 7.88. The summed E-state index contributed by atoms with van der Waals surface area (Å²) in [5.41, 5.74) is 0.513. The van der Waals surface area contributed by atoms with Gasteiger partial charge in [0.05, 0.1) is 6.61 Å². The molecule has 0 bridgehead atoms. The van der Waals surface area contributed by atoms with Crippen molar-refractivity contribution in [3.8, 4) is 0 Å². The van der Waals surface area contributed by atoms with Gasteiger partial charge in [0.15, 0.2) is 5.78 Å². The average molecular weight is 349 g/mol. The Balaban J connectivity index is 3.06. The topological polar surface area (TPSA) is 43.4 Å². The van der Waals surface area contributed by atoms with Gasteiger partial charge in [0.25, 0.3) is 0 Å². The molecule has 0 aliphatic heterocycles. The first kappa shape index (κ1) is 21.7. The largest absolute Gasteiger partial charge is 0.462 e. The van der Waals surface area contributed by atoms with Crippen LogP contribution in [0.5, 0.6) is 0 Å². The van der Waals surface area contributed by atoms with E-state index in [2.05, 4.69) is 47.8 Å². The van der Waals surface area contributed by atoms with Crippen LogP contribution in [-0.2, 0) is 14.3 Å². The Morgan fingerprint density at radius 1 is 1.20 bits per heavy atom. The molecule has 0 aromatic rings. The lowest BCUT2D eigenvalue weighted by molar-refractivity contribution is -0.154. The zero-order valence-corrected chi connectivity index (χ0v) is 17.0. The average Bonchev–Trinajstić information content (AvgIpc) is 2.55. The van der Waals surface area contributed by atoms with Gasteiger partial charge in [-0.15, -0.1) is 0 Å². The first-order chi connectivity index (χ1) is 11.4. The summed E-state index contributed by atoms with van der Waals surface area (Å²) >= 11 is 0. The van der Waals surface area contributed by atoms with Crippen LogP contribution in [0.3, 0.4) is 0 Å². The second-order valence-electron chi connectivity index (χ2n) is 8.91. The van der Waals surface area contributed by atoms with Crippen molar-refractivity contribution in [2.24, 2.45) is 22.2 Å². The van der Waals surface area contributed by atoms with E-state index in [9.17, 15) is 9.59 Å². The van der Waals surface area contributed by atoms with Gasteiger partial charge in [0.1, 0.15) is 0 Å². The molecule has 3 heteroatoms. The van der Waals surface area contributed by atoms with Crippen LogP contribution in [0.1, 0.15) is 73.6 Å². The highest BCUT2D eigenvalue weighted by molar-refractivity contribution is 5.89. The van der Waals surface area contributed by atoms with Gasteiger partial charge in [-0.1, -0.05) is 47.8 Å². The van der Waals surface area contributed by atoms with Crippen LogP contribution >= 0.6 is 0 Å². The lowest BCUT2D eigenvalue weighted by Crippen LogP contribution is -2.55. The number of ketones is 1. The maximum Gasteiger partial charge on any atom is 0.333 e. The fourth-order valence-electron chi connectivity index (χ4n) is 4.59. The third-order valence-corrected chi connectivity index (χ3v) is 7.35. The summed E-state index contributed by atoms with van der Waals surface area (Å²) < 4.78 is 5.42. The minimum Gasteiger partial charge on any atom is -0.462 e. The quantitative estimate of drug-likeness (QED) is 0.430. The lowest BCUT2D eigenvalue weighted by atomic mass is 9.42. The highest BCUT2D eigenvalue weighted by atomic mass is 16.5. The maximum atomic E-state index is 11.9. The second-order valence-corrected chi connectivity index (χ2v) is 8.91. The van der Waals surface area contributed by atoms with Gasteiger partial charge in [-0.3, -0.25) is 4.79 Å². The molecule has 1 rings (SSSR count). The van der Waals surface area contributed by atoms with Gasteiger partial charge in [-0.2, -0.15) is 0 Å². The number of hydrogen-bond donors (Lipinski definition) is 0. The van der Waals surface area contributed by atoms with Gasteiger partial charge in [-0.25, -0.2) is 4.79 Å². The van der Waals surface area contributed by atoms with E-state index in [0.717, 1.165) is 25.7 Å². The van der Waals surface area contributed by atoms with Crippen molar-refractivity contribution in [2.45, 2.75) is 73.6 Å². The van der Waals surface area contributed by atoms with E-state index in [1.807, 2.05) is 0 Å². The number of carbonyl (C=O) groups is 2. The molecule has 1 fully saturated rings. The van der Waals surface area contributed by atoms with Crippen LogP contribution in [0.2, 0.25) is 0 Å². The summed E-state index contributed by atoms with van der Waals surface area (Å²) in [6.07, 6.45) is 5.89. The molecule has 0 aromatic heterocycles. The molecule has 1 saturated carbocycles. The minimum atomic E-state index is -0.325. The zero-order valence-electron chi connectivity index (χ0n) is 17.0. The van der Waals surface area contributed by atoms with Crippen molar-refractivity contribution in [1.29, 1.82) is 0 Å². The molecular weight excluding hydrogens is 312 g/mol. The van der Waals surface area contributed by atoms with E-state index in [-0.39, 0.29) is 28.0 Å². The summed E-state index contributed by atoms with van der Waals surface area (Å²) in [5, 5.41) is 0. The van der Waals surface area contributed by atoms with Crippen molar-refractivity contribution < 1.29 is 14.3 Å². The van der Waals surface area contributed by atoms with Crippen LogP contribution in [0, 0.1) is 22.2 Å². The molecule has 3 atom stereocenters. The molecule has 0 spiro atoms. The summed E-state index contributed by atoms with van der Waals surface area (Å²) in [6.45, 7) is 20.9. The van der Waals surface area contributed by atoms with Gasteiger partial charge < -0.3 is 4.74 Å². The Bertz CT molecular complexity index is 545. The molecule has 3 unspecified atom stereocenters. The first-order valence-electron chi connectivity index (χ1n) is 9.39. The highest BCUT2D eigenvalue weighted by Crippen LogP contribution is 2.65. The fraction of sp³-hybridized carbons (Fsp3) is 0.727. The van der Waals surface area contributed by atoms with Crippen LogP contribution in [0.25, 0.3) is 0 Å². The van der Waals surface area contributed by atoms with E-state index in [0.29, 0.717) is 24.5 Å². The number of rotatable bonds is 8. The Kier molecular flexibility index (Phi) is 6.83. The van der Waals surface area contributed by atoms with Gasteiger partial charge in [-0.05, 0) is 60.8 Å². The number of allylic oxidation sites excluding steroid dienone is 1. The van der Waals surface area contributed by atoms with Gasteiger partial charge in [0.2, 0.25) is 0 Å². The Morgan fingerprint density at radius 2 is 1.80 bits per heavy atom. The molecule has 142 valence electrons. The van der Waals surface area contributed by atoms with E-state index in [1.54, 1.807) is 6.92 Å². The summed E-state index contributed by atoms with van der Waals surface area (Å²) in [6, 6.07) is 0. The van der Waals surface area contributed by atoms with Crippen molar-refractivity contribution >= 4 is 11.8 Å². The summed E-state index contributed by atoms with van der Waals surface area (Å²) in [4.78, 5) is 23.6. The third-order valence-electron chi connectivity index (χ3n) is 7.35. The number of esters is 1. The Labute approximate surface area is 153 Å². The van der Waals surface area contributed by atoms with Crippen LogP contribution < -0.4 is 0 Å². The standard InChI is InChI=1S/C22H36O3/c1-9-18(23)11-13-21(7)17(4)10-12-20(5,6)22(21,8)14-15-25-19(24)16(2)3/h9,17H,1-2,10-15H2,3-8H3. The minimum absolute atomic E-state index is 0.00303. The van der Waals surface area contributed by atoms with Crippen LogP contribution in [0.15, 0.2) is 24.8 Å². The summed E-state index contributed by atoms with van der Waals surface area (Å²) in [7, 11) is 0. The van der Waals surface area contributed by atoms with Crippen molar-refractivity contribution in [2.75, 3.05) is 6.61 Å². The molecule has 0 amide bonds. The van der Waals surface area contributed by atoms with E-state index < -0.39 is 0 Å². The highest BCUT2D eigenvalue weighted by Gasteiger charge is 2.57. The maximum absolute atomic E-state index is 11.9. The molecule has 0 radical (unpaired) electrons. The monoisotopic (exact) mass is 348 g/mol. The smallest absolute Gasteiger partial charge is 0.333 e. The number of hydrogen-bond acceptors (Lipinski definition) is 3. The normalized spacial score (nSPS) is 31.2. The van der Waals surface area contributed by atoms with Gasteiger partial charge >= 0.3 is 5.97 Å². The molecule has 3 nitrogen and oxygen atoms in total. The molecule has 1 aliphatic rings. The van der Waals surface area contributed by atoms with E-state index in [1.165, 1.54) is 6.08 Å². The number of ether oxygens (including phenoxy) is 1. The molecule has 0 saturated heterocycles. The summed E-state index contributed by atoms with van der Waals surface area (Å²) in [5.74, 6) is 0.293. The Morgan fingerprint density at radius 3 is 2.32 bits per heavy atom. The first-order valence-corrected chi connectivity index (χ1v) is 9.39. The number of carbonyl (C=O) groups excluding carboxylic acids is 2. The fourth-order valence-corrected chi connectivity index (χ4v) is 4.59. The molecule has 25 heavy (non-hydrogen) atoms. The molecule has 0 aromatic carbocycles. The lowest BCUT2D eigenvalue weighted by Gasteiger charge is -2.62. The van der Waals surface area contributed by atoms with E-state index in [4.69, 9.17) is 4.74 Å². The van der Waals surface area contributed by atoms with Crippen molar-refractivity contribution in [3.05, 3.63) is 24.8 Å². The third kappa shape index (κ3) is 4.24. The molecule has 0 heterocycles. The van der Waals surface area contributed by atoms with Crippen LogP contribution in [-0.4, -0.2) is 18.4 Å².